The van der Waals surface area contributed by atoms with Crippen LogP contribution in [-0.2, 0) is 10.0 Å². The second-order valence-corrected chi connectivity index (χ2v) is 14.4. The third kappa shape index (κ3) is 5.60. The van der Waals surface area contributed by atoms with E-state index in [-0.39, 0.29) is 34.9 Å². The Labute approximate surface area is 290 Å². The van der Waals surface area contributed by atoms with E-state index in [0.29, 0.717) is 27.9 Å². The molecule has 5 heterocycles. The molecule has 2 aliphatic heterocycles. The first-order chi connectivity index (χ1) is 24.5. The molecule has 0 aliphatic carbocycles. The summed E-state index contributed by atoms with van der Waals surface area (Å²) in [6.45, 7) is 2.87. The lowest BCUT2D eigenvalue weighted by Crippen LogP contribution is -2.54. The van der Waals surface area contributed by atoms with Gasteiger partial charge in [0.2, 0.25) is 0 Å². The number of likely N-dealkylation sites (N-methyl/N-ethyl adjacent to an activating group) is 1. The lowest BCUT2D eigenvalue weighted by Gasteiger charge is -2.39. The number of amides is 1. The smallest absolute Gasteiger partial charge is 0.275 e. The number of carbonyl (C=O) groups is 1. The molecule has 51 heavy (non-hydrogen) atoms. The number of para-hydroxylation sites is 1. The Morgan fingerprint density at radius 1 is 0.902 bits per heavy atom. The van der Waals surface area contributed by atoms with Crippen LogP contribution in [0.25, 0.3) is 27.8 Å². The summed E-state index contributed by atoms with van der Waals surface area (Å²) in [7, 11) is -2.39. The van der Waals surface area contributed by atoms with E-state index in [1.54, 1.807) is 16.8 Å². The highest BCUT2D eigenvalue weighted by atomic mass is 32.2. The van der Waals surface area contributed by atoms with Crippen molar-refractivity contribution in [1.29, 1.82) is 0 Å². The normalized spacial score (nSPS) is 17.7. The van der Waals surface area contributed by atoms with Crippen molar-refractivity contribution in [2.75, 3.05) is 30.2 Å². The second kappa shape index (κ2) is 12.3. The molecule has 0 saturated carbocycles. The van der Waals surface area contributed by atoms with Crippen LogP contribution in [0.5, 0.6) is 0 Å². The van der Waals surface area contributed by atoms with Crippen molar-refractivity contribution in [3.05, 3.63) is 102 Å². The molecule has 260 valence electrons. The summed E-state index contributed by atoms with van der Waals surface area (Å²) in [6.07, 6.45) is 3.06. The molecule has 2 bridgehead atoms. The first-order valence-electron chi connectivity index (χ1n) is 16.1. The number of hydrogen-bond donors (Lipinski definition) is 2. The Balaban J connectivity index is 1.16. The standard InChI is InChI=1S/C35H30F3N9O3S/c1-19-23(36)7-5-9-28(19)51(49,50)44-25-13-12-24(37)32(30(25)38)42-34-33-26(39-18-40-34)14-15-29(41-33)47-27-8-4-3-6-22(27)31(43-47)35(48)46-20-10-11-21(46)17-45(2)16-20/h3-9,12-15,18,20-21,44H,10-11,16-17H2,1-2H3,(H,39,40,42). The molecule has 2 saturated heterocycles. The Kier molecular flexibility index (Phi) is 7.87. The minimum absolute atomic E-state index is 0.0811. The summed E-state index contributed by atoms with van der Waals surface area (Å²) in [5, 5.41) is 8.04. The topological polar surface area (TPSA) is 138 Å². The maximum atomic E-state index is 15.9. The molecule has 3 aromatic carbocycles. The van der Waals surface area contributed by atoms with Crippen LogP contribution < -0.4 is 10.0 Å². The van der Waals surface area contributed by atoms with Crippen molar-refractivity contribution in [3.63, 3.8) is 0 Å². The van der Waals surface area contributed by atoms with Gasteiger partial charge in [0, 0.05) is 36.1 Å². The van der Waals surface area contributed by atoms with Crippen LogP contribution in [-0.4, -0.2) is 81.1 Å². The minimum Gasteiger partial charge on any atom is -0.333 e. The highest BCUT2D eigenvalue weighted by Gasteiger charge is 2.43. The van der Waals surface area contributed by atoms with Crippen LogP contribution in [0.15, 0.2) is 78.0 Å². The van der Waals surface area contributed by atoms with Gasteiger partial charge in [-0.25, -0.2) is 41.2 Å². The fraction of sp³-hybridized carbons (Fsp3) is 0.229. The Morgan fingerprint density at radius 2 is 1.67 bits per heavy atom. The molecule has 12 nitrogen and oxygen atoms in total. The lowest BCUT2D eigenvalue weighted by molar-refractivity contribution is 0.0468. The number of halogens is 3. The van der Waals surface area contributed by atoms with Gasteiger partial charge < -0.3 is 15.1 Å². The van der Waals surface area contributed by atoms with Crippen molar-refractivity contribution in [3.8, 4) is 5.82 Å². The van der Waals surface area contributed by atoms with Crippen molar-refractivity contribution in [2.45, 2.75) is 36.7 Å². The summed E-state index contributed by atoms with van der Waals surface area (Å²) in [6, 6.07) is 16.1. The zero-order valence-corrected chi connectivity index (χ0v) is 28.1. The van der Waals surface area contributed by atoms with Crippen LogP contribution in [0.3, 0.4) is 0 Å². The molecule has 0 spiro atoms. The highest BCUT2D eigenvalue weighted by molar-refractivity contribution is 7.92. The molecule has 2 fully saturated rings. The molecular weight excluding hydrogens is 684 g/mol. The monoisotopic (exact) mass is 713 g/mol. The number of carbonyl (C=O) groups excluding carboxylic acids is 1. The Bertz CT molecular complexity index is 2480. The van der Waals surface area contributed by atoms with Gasteiger partial charge >= 0.3 is 0 Å². The van der Waals surface area contributed by atoms with Crippen LogP contribution >= 0.6 is 0 Å². The number of rotatable bonds is 7. The molecule has 0 radical (unpaired) electrons. The number of hydrogen-bond acceptors (Lipinski definition) is 9. The summed E-state index contributed by atoms with van der Waals surface area (Å²) in [4.78, 5) is 31.0. The molecule has 3 aromatic heterocycles. The Morgan fingerprint density at radius 3 is 2.45 bits per heavy atom. The average Bonchev–Trinajstić information content (AvgIpc) is 3.63. The van der Waals surface area contributed by atoms with E-state index in [1.165, 1.54) is 25.4 Å². The van der Waals surface area contributed by atoms with Gasteiger partial charge in [0.15, 0.2) is 23.1 Å². The van der Waals surface area contributed by atoms with Crippen LogP contribution in [0.4, 0.5) is 30.4 Å². The molecule has 6 aromatic rings. The van der Waals surface area contributed by atoms with Gasteiger partial charge in [0.1, 0.15) is 29.2 Å². The number of aromatic nitrogens is 5. The van der Waals surface area contributed by atoms with Crippen molar-refractivity contribution >= 4 is 55.1 Å². The predicted molar refractivity (Wildman–Crippen MR) is 184 cm³/mol. The second-order valence-electron chi connectivity index (χ2n) is 12.7. The summed E-state index contributed by atoms with van der Waals surface area (Å²) < 4.78 is 74.9. The van der Waals surface area contributed by atoms with Gasteiger partial charge in [0.25, 0.3) is 15.9 Å². The number of nitrogens with zero attached hydrogens (tertiary/aromatic N) is 7. The van der Waals surface area contributed by atoms with Gasteiger partial charge in [-0.3, -0.25) is 9.52 Å². The van der Waals surface area contributed by atoms with E-state index >= 15 is 8.78 Å². The number of fused-ring (bicyclic) bond motifs is 4. The average molecular weight is 714 g/mol. The van der Waals surface area contributed by atoms with Crippen molar-refractivity contribution in [1.82, 2.24) is 34.5 Å². The number of benzene rings is 3. The fourth-order valence-electron chi connectivity index (χ4n) is 7.05. The molecule has 2 N–H and O–H groups in total. The highest BCUT2D eigenvalue weighted by Crippen LogP contribution is 2.34. The van der Waals surface area contributed by atoms with Crippen molar-refractivity contribution in [2.24, 2.45) is 0 Å². The zero-order chi connectivity index (χ0) is 35.6. The van der Waals surface area contributed by atoms with E-state index in [0.717, 1.165) is 44.1 Å². The number of pyridine rings is 1. The molecule has 1 amide bonds. The fourth-order valence-corrected chi connectivity index (χ4v) is 8.36. The Hall–Kier alpha value is -5.61. The van der Waals surface area contributed by atoms with Crippen molar-refractivity contribution < 1.29 is 26.4 Å². The molecule has 8 rings (SSSR count). The number of piperazine rings is 1. The summed E-state index contributed by atoms with van der Waals surface area (Å²) in [5.74, 6) is -3.00. The molecule has 2 atom stereocenters. The lowest BCUT2D eigenvalue weighted by atomic mass is 10.1. The van der Waals surface area contributed by atoms with Gasteiger partial charge in [-0.1, -0.05) is 24.3 Å². The quantitative estimate of drug-likeness (QED) is 0.218. The third-order valence-corrected chi connectivity index (χ3v) is 11.0. The molecule has 2 aliphatic rings. The number of likely N-dealkylation sites (tertiary alicyclic amines) is 1. The first kappa shape index (κ1) is 32.6. The number of nitrogens with one attached hydrogen (secondary N) is 2. The van der Waals surface area contributed by atoms with Crippen LogP contribution in [0.1, 0.15) is 28.9 Å². The number of sulfonamides is 1. The maximum Gasteiger partial charge on any atom is 0.275 e. The van der Waals surface area contributed by atoms with E-state index in [9.17, 15) is 17.6 Å². The summed E-state index contributed by atoms with van der Waals surface area (Å²) >= 11 is 0. The zero-order valence-electron chi connectivity index (χ0n) is 27.3. The largest absolute Gasteiger partial charge is 0.333 e. The molecule has 2 unspecified atom stereocenters. The van der Waals surface area contributed by atoms with E-state index < -0.39 is 43.7 Å². The van der Waals surface area contributed by atoms with Gasteiger partial charge in [-0.15, -0.1) is 0 Å². The van der Waals surface area contributed by atoms with Gasteiger partial charge in [-0.2, -0.15) is 5.10 Å². The minimum atomic E-state index is -4.45. The predicted octanol–water partition coefficient (Wildman–Crippen LogP) is 5.55. The van der Waals surface area contributed by atoms with Crippen LogP contribution in [0, 0.1) is 24.4 Å². The van der Waals surface area contributed by atoms with E-state index in [1.807, 2.05) is 29.2 Å². The molecular formula is C35H30F3N9O3S. The number of anilines is 3. The van der Waals surface area contributed by atoms with Crippen LogP contribution in [0.2, 0.25) is 0 Å². The van der Waals surface area contributed by atoms with E-state index in [2.05, 4.69) is 32.0 Å². The van der Waals surface area contributed by atoms with Gasteiger partial charge in [-0.05, 0) is 69.3 Å². The molecule has 16 heteroatoms. The SMILES string of the molecule is Cc1c(F)cccc1S(=O)(=O)Nc1ccc(F)c(Nc2ncnc3ccc(-n4nc(C(=O)N5C6CCC5CN(C)C6)c5ccccc54)nc23)c1F. The first-order valence-corrected chi connectivity index (χ1v) is 17.6. The maximum absolute atomic E-state index is 15.9. The van der Waals surface area contributed by atoms with Gasteiger partial charge in [0.05, 0.1) is 21.6 Å². The summed E-state index contributed by atoms with van der Waals surface area (Å²) in [5.41, 5.74) is -0.0640. The van der Waals surface area contributed by atoms with E-state index in [4.69, 9.17) is 10.1 Å². The third-order valence-electron chi connectivity index (χ3n) is 9.46.